The Morgan fingerprint density at radius 3 is 2.50 bits per heavy atom. The number of nitrogens with one attached hydrogen (secondary N) is 1. The normalized spacial score (nSPS) is 22.8. The van der Waals surface area contributed by atoms with Gasteiger partial charge in [-0.1, -0.05) is 31.5 Å². The highest BCUT2D eigenvalue weighted by molar-refractivity contribution is 6.34. The lowest BCUT2D eigenvalue weighted by Gasteiger charge is -2.39. The summed E-state index contributed by atoms with van der Waals surface area (Å²) in [4.78, 5) is 2.07. The highest BCUT2D eigenvalue weighted by Gasteiger charge is 2.31. The molecule has 1 aromatic carbocycles. The highest BCUT2D eigenvalue weighted by atomic mass is 35.5. The number of halogens is 1. The predicted octanol–water partition coefficient (Wildman–Crippen LogP) is 4.25. The molecule has 0 radical (unpaired) electrons. The van der Waals surface area contributed by atoms with E-state index in [1.165, 1.54) is 12.8 Å². The van der Waals surface area contributed by atoms with Crippen molar-refractivity contribution >= 4 is 23.0 Å². The Hall–Kier alpha value is -0.890. The van der Waals surface area contributed by atoms with Gasteiger partial charge in [0.25, 0.3) is 0 Å². The van der Waals surface area contributed by atoms with Crippen LogP contribution in [0.1, 0.15) is 26.7 Å². The molecule has 2 nitrogen and oxygen atoms in total. The second kappa shape index (κ2) is 5.40. The molecule has 0 atom stereocenters. The van der Waals surface area contributed by atoms with E-state index in [-0.39, 0.29) is 0 Å². The van der Waals surface area contributed by atoms with Gasteiger partial charge in [0.2, 0.25) is 0 Å². The van der Waals surface area contributed by atoms with Gasteiger partial charge in [0.05, 0.1) is 16.4 Å². The molecule has 0 aliphatic heterocycles. The quantitative estimate of drug-likeness (QED) is 0.876. The molecule has 2 rings (SSSR count). The van der Waals surface area contributed by atoms with Crippen LogP contribution < -0.4 is 10.2 Å². The number of anilines is 2. The van der Waals surface area contributed by atoms with Gasteiger partial charge in [-0.25, -0.2) is 0 Å². The number of hydrogen-bond donors (Lipinski definition) is 1. The zero-order chi connectivity index (χ0) is 13.3. The molecular weight excluding hydrogens is 244 g/mol. The molecule has 1 N–H and O–H groups in total. The third-order valence-corrected chi connectivity index (χ3v) is 4.22. The fourth-order valence-corrected chi connectivity index (χ4v) is 2.97. The van der Waals surface area contributed by atoms with Gasteiger partial charge in [0.1, 0.15) is 0 Å². The Balaban J connectivity index is 2.05. The zero-order valence-electron chi connectivity index (χ0n) is 11.7. The number of para-hydroxylation sites is 1. The van der Waals surface area contributed by atoms with Crippen LogP contribution in [0.25, 0.3) is 0 Å². The first-order valence-electron chi connectivity index (χ1n) is 6.71. The third-order valence-electron chi connectivity index (χ3n) is 3.91. The fraction of sp³-hybridized carbons (Fsp3) is 0.600. The Morgan fingerprint density at radius 2 is 1.94 bits per heavy atom. The van der Waals surface area contributed by atoms with Crippen molar-refractivity contribution in [3.8, 4) is 0 Å². The average Bonchev–Trinajstić information content (AvgIpc) is 2.21. The monoisotopic (exact) mass is 266 g/mol. The number of benzene rings is 1. The summed E-state index contributed by atoms with van der Waals surface area (Å²) in [6.07, 6.45) is 2.55. The van der Waals surface area contributed by atoms with E-state index in [0.717, 1.165) is 28.2 Å². The van der Waals surface area contributed by atoms with Crippen molar-refractivity contribution < 1.29 is 0 Å². The number of hydrogen-bond acceptors (Lipinski definition) is 2. The van der Waals surface area contributed by atoms with Crippen molar-refractivity contribution in [3.63, 3.8) is 0 Å². The Labute approximate surface area is 115 Å². The maximum Gasteiger partial charge on any atom is 0.0786 e. The molecule has 18 heavy (non-hydrogen) atoms. The van der Waals surface area contributed by atoms with E-state index in [1.807, 2.05) is 26.2 Å². The fourth-order valence-electron chi connectivity index (χ4n) is 2.63. The first kappa shape index (κ1) is 13.5. The van der Waals surface area contributed by atoms with Crippen molar-refractivity contribution in [1.29, 1.82) is 0 Å². The van der Waals surface area contributed by atoms with Crippen LogP contribution in [0.5, 0.6) is 0 Å². The molecule has 1 aliphatic rings. The summed E-state index contributed by atoms with van der Waals surface area (Å²) in [5.74, 6) is 1.68. The van der Waals surface area contributed by atoms with Crippen LogP contribution in [0.3, 0.4) is 0 Å². The predicted molar refractivity (Wildman–Crippen MR) is 80.8 cm³/mol. The zero-order valence-corrected chi connectivity index (χ0v) is 12.5. The maximum absolute atomic E-state index is 6.27. The van der Waals surface area contributed by atoms with E-state index in [4.69, 9.17) is 11.6 Å². The van der Waals surface area contributed by atoms with Gasteiger partial charge in [0, 0.05) is 20.1 Å². The van der Waals surface area contributed by atoms with Gasteiger partial charge in [-0.2, -0.15) is 0 Å². The van der Waals surface area contributed by atoms with Crippen LogP contribution in [-0.4, -0.2) is 20.1 Å². The molecule has 0 heterocycles. The van der Waals surface area contributed by atoms with E-state index in [2.05, 4.69) is 30.1 Å². The molecular formula is C15H23ClN2. The standard InChI is InChI=1S/C15H23ClN2/c1-10(2)11-8-12(9-11)17-14-7-5-6-13(16)15(14)18(3)4/h5-7,10-12,17H,8-9H2,1-4H3. The van der Waals surface area contributed by atoms with E-state index >= 15 is 0 Å². The topological polar surface area (TPSA) is 15.3 Å². The summed E-state index contributed by atoms with van der Waals surface area (Å²) >= 11 is 6.27. The van der Waals surface area contributed by atoms with Gasteiger partial charge >= 0.3 is 0 Å². The molecule has 1 fully saturated rings. The van der Waals surface area contributed by atoms with Crippen LogP contribution in [0.15, 0.2) is 18.2 Å². The van der Waals surface area contributed by atoms with E-state index in [0.29, 0.717) is 6.04 Å². The SMILES string of the molecule is CC(C)C1CC(Nc2cccc(Cl)c2N(C)C)C1. The molecule has 3 heteroatoms. The summed E-state index contributed by atoms with van der Waals surface area (Å²) in [7, 11) is 4.06. The Bertz CT molecular complexity index is 409. The second-order valence-electron chi connectivity index (χ2n) is 5.85. The average molecular weight is 267 g/mol. The largest absolute Gasteiger partial charge is 0.381 e. The molecule has 0 bridgehead atoms. The minimum absolute atomic E-state index is 0.606. The maximum atomic E-state index is 6.27. The van der Waals surface area contributed by atoms with Crippen LogP contribution in [0.4, 0.5) is 11.4 Å². The smallest absolute Gasteiger partial charge is 0.0786 e. The van der Waals surface area contributed by atoms with Crippen LogP contribution in [-0.2, 0) is 0 Å². The van der Waals surface area contributed by atoms with E-state index < -0.39 is 0 Å². The lowest BCUT2D eigenvalue weighted by atomic mass is 9.73. The first-order valence-corrected chi connectivity index (χ1v) is 7.09. The van der Waals surface area contributed by atoms with Crippen LogP contribution >= 0.6 is 11.6 Å². The van der Waals surface area contributed by atoms with Crippen molar-refractivity contribution in [2.75, 3.05) is 24.3 Å². The van der Waals surface area contributed by atoms with Gasteiger partial charge in [0.15, 0.2) is 0 Å². The van der Waals surface area contributed by atoms with Gasteiger partial charge in [-0.3, -0.25) is 0 Å². The molecule has 0 unspecified atom stereocenters. The molecule has 1 saturated carbocycles. The first-order chi connectivity index (χ1) is 8.49. The molecule has 0 amide bonds. The summed E-state index contributed by atoms with van der Waals surface area (Å²) in [6, 6.07) is 6.68. The van der Waals surface area contributed by atoms with Crippen molar-refractivity contribution in [2.24, 2.45) is 11.8 Å². The van der Waals surface area contributed by atoms with Crippen molar-refractivity contribution in [2.45, 2.75) is 32.7 Å². The van der Waals surface area contributed by atoms with Crippen LogP contribution in [0, 0.1) is 11.8 Å². The molecule has 0 spiro atoms. The van der Waals surface area contributed by atoms with Gasteiger partial charge in [-0.05, 0) is 36.8 Å². The Morgan fingerprint density at radius 1 is 1.28 bits per heavy atom. The summed E-state index contributed by atoms with van der Waals surface area (Å²) in [5, 5.41) is 4.44. The summed E-state index contributed by atoms with van der Waals surface area (Å²) < 4.78 is 0. The van der Waals surface area contributed by atoms with E-state index in [9.17, 15) is 0 Å². The van der Waals surface area contributed by atoms with Crippen LogP contribution in [0.2, 0.25) is 5.02 Å². The molecule has 0 saturated heterocycles. The lowest BCUT2D eigenvalue weighted by Crippen LogP contribution is -2.38. The molecule has 100 valence electrons. The second-order valence-corrected chi connectivity index (χ2v) is 6.25. The highest BCUT2D eigenvalue weighted by Crippen LogP contribution is 2.39. The third kappa shape index (κ3) is 2.74. The minimum Gasteiger partial charge on any atom is -0.381 e. The molecule has 1 aromatic rings. The van der Waals surface area contributed by atoms with Crippen molar-refractivity contribution in [1.82, 2.24) is 0 Å². The number of rotatable bonds is 4. The van der Waals surface area contributed by atoms with Gasteiger partial charge in [-0.15, -0.1) is 0 Å². The van der Waals surface area contributed by atoms with Crippen molar-refractivity contribution in [3.05, 3.63) is 23.2 Å². The summed E-state index contributed by atoms with van der Waals surface area (Å²) in [6.45, 7) is 4.62. The van der Waals surface area contributed by atoms with E-state index in [1.54, 1.807) is 0 Å². The molecule has 0 aromatic heterocycles. The van der Waals surface area contributed by atoms with Gasteiger partial charge < -0.3 is 10.2 Å². The minimum atomic E-state index is 0.606. The Kier molecular flexibility index (Phi) is 4.06. The lowest BCUT2D eigenvalue weighted by molar-refractivity contribution is 0.212. The number of nitrogens with zero attached hydrogens (tertiary/aromatic N) is 1. The summed E-state index contributed by atoms with van der Waals surface area (Å²) in [5.41, 5.74) is 2.24. The molecule has 1 aliphatic carbocycles.